The van der Waals surface area contributed by atoms with Crippen LogP contribution < -0.4 is 10.5 Å². The van der Waals surface area contributed by atoms with E-state index in [4.69, 9.17) is 10.5 Å². The van der Waals surface area contributed by atoms with Crippen molar-refractivity contribution < 1.29 is 9.84 Å². The van der Waals surface area contributed by atoms with Crippen molar-refractivity contribution in [3.05, 3.63) is 59.7 Å². The number of hydrogen-bond donors (Lipinski definition) is 2. The predicted octanol–water partition coefficient (Wildman–Crippen LogP) is 4.21. The second-order valence-corrected chi connectivity index (χ2v) is 6.06. The monoisotopic (exact) mass is 313 g/mol. The molecule has 0 saturated carbocycles. The topological polar surface area (TPSA) is 55.5 Å². The highest BCUT2D eigenvalue weighted by molar-refractivity contribution is 5.37. The molecule has 0 aromatic heterocycles. The van der Waals surface area contributed by atoms with Crippen LogP contribution in [0.1, 0.15) is 37.3 Å². The number of ether oxygens (including phenoxy) is 1. The van der Waals surface area contributed by atoms with Gasteiger partial charge in [-0.1, -0.05) is 37.6 Å². The van der Waals surface area contributed by atoms with E-state index in [2.05, 4.69) is 19.9 Å². The zero-order valence-electron chi connectivity index (χ0n) is 14.0. The fourth-order valence-electron chi connectivity index (χ4n) is 2.68. The number of para-hydroxylation sites is 1. The van der Waals surface area contributed by atoms with Crippen LogP contribution in [0.5, 0.6) is 11.5 Å². The summed E-state index contributed by atoms with van der Waals surface area (Å²) >= 11 is 0. The van der Waals surface area contributed by atoms with E-state index in [9.17, 15) is 5.11 Å². The standard InChI is InChI=1S/C20H27NO2/c1-3-7-19(21)20(22)13-11-16-10-12-18(14-15(16)2)23-17-8-5-4-6-9-17/h4-6,8-10,12,14,19-20,22H,3,7,11,13,21H2,1-2H3. The predicted molar refractivity (Wildman–Crippen MR) is 94.9 cm³/mol. The maximum atomic E-state index is 10.1. The van der Waals surface area contributed by atoms with Gasteiger partial charge in [-0.2, -0.15) is 0 Å². The summed E-state index contributed by atoms with van der Waals surface area (Å²) in [6.45, 7) is 4.16. The lowest BCUT2D eigenvalue weighted by molar-refractivity contribution is 0.131. The maximum Gasteiger partial charge on any atom is 0.127 e. The summed E-state index contributed by atoms with van der Waals surface area (Å²) in [7, 11) is 0. The van der Waals surface area contributed by atoms with Crippen molar-refractivity contribution in [3.63, 3.8) is 0 Å². The van der Waals surface area contributed by atoms with Crippen LogP contribution in [0.2, 0.25) is 0 Å². The first-order valence-electron chi connectivity index (χ1n) is 8.36. The van der Waals surface area contributed by atoms with E-state index in [1.165, 1.54) is 11.1 Å². The minimum Gasteiger partial charge on any atom is -0.457 e. The van der Waals surface area contributed by atoms with Crippen molar-refractivity contribution in [1.29, 1.82) is 0 Å². The average Bonchev–Trinajstić information content (AvgIpc) is 2.55. The minimum atomic E-state index is -0.436. The van der Waals surface area contributed by atoms with Gasteiger partial charge in [0.2, 0.25) is 0 Å². The fraction of sp³-hybridized carbons (Fsp3) is 0.400. The quantitative estimate of drug-likeness (QED) is 0.767. The molecule has 0 radical (unpaired) electrons. The summed E-state index contributed by atoms with van der Waals surface area (Å²) in [6, 6.07) is 15.7. The van der Waals surface area contributed by atoms with E-state index in [1.54, 1.807) is 0 Å². The van der Waals surface area contributed by atoms with E-state index in [1.807, 2.05) is 42.5 Å². The Kier molecular flexibility index (Phi) is 6.63. The Morgan fingerprint density at radius 3 is 2.43 bits per heavy atom. The maximum absolute atomic E-state index is 10.1. The second kappa shape index (κ2) is 8.70. The number of aliphatic hydroxyl groups is 1. The SMILES string of the molecule is CCCC(N)C(O)CCc1ccc(Oc2ccccc2)cc1C. The summed E-state index contributed by atoms with van der Waals surface area (Å²) in [6.07, 6.45) is 2.96. The summed E-state index contributed by atoms with van der Waals surface area (Å²) < 4.78 is 5.84. The van der Waals surface area contributed by atoms with E-state index < -0.39 is 6.10 Å². The molecule has 23 heavy (non-hydrogen) atoms. The Labute approximate surface area is 139 Å². The van der Waals surface area contributed by atoms with Crippen molar-refractivity contribution >= 4 is 0 Å². The molecule has 0 saturated heterocycles. The molecule has 3 nitrogen and oxygen atoms in total. The van der Waals surface area contributed by atoms with Gasteiger partial charge in [-0.15, -0.1) is 0 Å². The molecule has 0 heterocycles. The molecular formula is C20H27NO2. The molecule has 3 N–H and O–H groups in total. The number of benzene rings is 2. The van der Waals surface area contributed by atoms with Crippen LogP contribution in [-0.2, 0) is 6.42 Å². The number of hydrogen-bond acceptors (Lipinski definition) is 3. The number of rotatable bonds is 8. The first-order valence-corrected chi connectivity index (χ1v) is 8.36. The molecule has 0 aliphatic heterocycles. The van der Waals surface area contributed by atoms with E-state index in [-0.39, 0.29) is 6.04 Å². The summed E-state index contributed by atoms with van der Waals surface area (Å²) in [5.74, 6) is 1.67. The van der Waals surface area contributed by atoms with Gasteiger partial charge in [-0.3, -0.25) is 0 Å². The highest BCUT2D eigenvalue weighted by Gasteiger charge is 2.14. The van der Waals surface area contributed by atoms with Crippen LogP contribution in [0.15, 0.2) is 48.5 Å². The largest absolute Gasteiger partial charge is 0.457 e. The molecule has 0 aliphatic rings. The molecule has 2 aromatic rings. The zero-order chi connectivity index (χ0) is 16.7. The van der Waals surface area contributed by atoms with Crippen LogP contribution in [0.4, 0.5) is 0 Å². The van der Waals surface area contributed by atoms with Gasteiger partial charge in [-0.05, 0) is 61.6 Å². The molecule has 0 aliphatic carbocycles. The van der Waals surface area contributed by atoms with Gasteiger partial charge in [0, 0.05) is 6.04 Å². The molecule has 0 fully saturated rings. The molecule has 0 bridgehead atoms. The molecule has 2 unspecified atom stereocenters. The van der Waals surface area contributed by atoms with Crippen LogP contribution in [0.3, 0.4) is 0 Å². The Bertz CT molecular complexity index is 598. The van der Waals surface area contributed by atoms with Crippen LogP contribution in [0.25, 0.3) is 0 Å². The lowest BCUT2D eigenvalue weighted by Gasteiger charge is -2.18. The Hall–Kier alpha value is -1.84. The minimum absolute atomic E-state index is 0.124. The lowest BCUT2D eigenvalue weighted by atomic mass is 9.97. The van der Waals surface area contributed by atoms with E-state index in [0.717, 1.165) is 30.8 Å². The molecule has 2 aromatic carbocycles. The van der Waals surface area contributed by atoms with Crippen molar-refractivity contribution in [1.82, 2.24) is 0 Å². The van der Waals surface area contributed by atoms with E-state index >= 15 is 0 Å². The average molecular weight is 313 g/mol. The first kappa shape index (κ1) is 17.5. The highest BCUT2D eigenvalue weighted by Crippen LogP contribution is 2.24. The smallest absolute Gasteiger partial charge is 0.127 e. The molecule has 2 atom stereocenters. The normalized spacial score (nSPS) is 13.6. The number of aliphatic hydroxyl groups excluding tert-OH is 1. The van der Waals surface area contributed by atoms with Crippen molar-refractivity contribution in [2.45, 2.75) is 51.7 Å². The van der Waals surface area contributed by atoms with Gasteiger partial charge in [-0.25, -0.2) is 0 Å². The fourth-order valence-corrected chi connectivity index (χ4v) is 2.68. The third kappa shape index (κ3) is 5.38. The summed E-state index contributed by atoms with van der Waals surface area (Å²) in [5.41, 5.74) is 8.38. The van der Waals surface area contributed by atoms with Gasteiger partial charge in [0.25, 0.3) is 0 Å². The van der Waals surface area contributed by atoms with Crippen LogP contribution in [0, 0.1) is 6.92 Å². The highest BCUT2D eigenvalue weighted by atomic mass is 16.5. The summed E-state index contributed by atoms with van der Waals surface area (Å²) in [4.78, 5) is 0. The van der Waals surface area contributed by atoms with Gasteiger partial charge >= 0.3 is 0 Å². The first-order chi connectivity index (χ1) is 11.1. The lowest BCUT2D eigenvalue weighted by Crippen LogP contribution is -2.34. The Balaban J connectivity index is 1.94. The molecule has 0 amide bonds. The molecular weight excluding hydrogens is 286 g/mol. The number of aryl methyl sites for hydroxylation is 2. The van der Waals surface area contributed by atoms with E-state index in [0.29, 0.717) is 6.42 Å². The van der Waals surface area contributed by atoms with Gasteiger partial charge in [0.05, 0.1) is 6.10 Å². The zero-order valence-corrected chi connectivity index (χ0v) is 14.0. The third-order valence-electron chi connectivity index (χ3n) is 4.12. The second-order valence-electron chi connectivity index (χ2n) is 6.06. The Morgan fingerprint density at radius 1 is 1.04 bits per heavy atom. The van der Waals surface area contributed by atoms with Crippen molar-refractivity contribution in [2.24, 2.45) is 5.73 Å². The van der Waals surface area contributed by atoms with Gasteiger partial charge in [0.15, 0.2) is 0 Å². The van der Waals surface area contributed by atoms with Gasteiger partial charge < -0.3 is 15.6 Å². The van der Waals surface area contributed by atoms with Crippen molar-refractivity contribution in [2.75, 3.05) is 0 Å². The molecule has 0 spiro atoms. The third-order valence-corrected chi connectivity index (χ3v) is 4.12. The summed E-state index contributed by atoms with van der Waals surface area (Å²) in [5, 5.41) is 10.1. The van der Waals surface area contributed by atoms with Gasteiger partial charge in [0.1, 0.15) is 11.5 Å². The molecule has 3 heteroatoms. The number of nitrogens with two attached hydrogens (primary N) is 1. The molecule has 2 rings (SSSR count). The van der Waals surface area contributed by atoms with Crippen molar-refractivity contribution in [3.8, 4) is 11.5 Å². The van der Waals surface area contributed by atoms with Crippen LogP contribution in [-0.4, -0.2) is 17.3 Å². The Morgan fingerprint density at radius 2 is 1.78 bits per heavy atom. The van der Waals surface area contributed by atoms with Crippen LogP contribution >= 0.6 is 0 Å². The molecule has 124 valence electrons.